The van der Waals surface area contributed by atoms with E-state index in [0.717, 1.165) is 25.2 Å². The van der Waals surface area contributed by atoms with Gasteiger partial charge < -0.3 is 14.5 Å². The monoisotopic (exact) mass is 209 g/mol. The molecule has 0 spiro atoms. The summed E-state index contributed by atoms with van der Waals surface area (Å²) in [5.74, 6) is 0.946. The van der Waals surface area contributed by atoms with Crippen LogP contribution >= 0.6 is 0 Å². The van der Waals surface area contributed by atoms with Gasteiger partial charge in [-0.2, -0.15) is 0 Å². The molecule has 1 amide bonds. The minimum absolute atomic E-state index is 0.168. The van der Waals surface area contributed by atoms with Crippen LogP contribution in [0.5, 0.6) is 0 Å². The summed E-state index contributed by atoms with van der Waals surface area (Å²) in [4.78, 5) is 11.6. The third-order valence-electron chi connectivity index (χ3n) is 2.48. The number of furan rings is 1. The Morgan fingerprint density at radius 1 is 1.60 bits per heavy atom. The topological polar surface area (TPSA) is 51.5 Å². The van der Waals surface area contributed by atoms with Crippen LogP contribution in [0, 0.1) is 6.92 Å². The third kappa shape index (κ3) is 2.59. The molecule has 1 fully saturated rings. The minimum Gasteiger partial charge on any atom is -0.456 e. The van der Waals surface area contributed by atoms with Crippen molar-refractivity contribution in [3.8, 4) is 0 Å². The molecule has 4 heteroatoms. The van der Waals surface area contributed by atoms with Crippen LogP contribution in [-0.2, 0) is 4.74 Å². The number of aryl methyl sites for hydroxylation is 1. The molecule has 1 saturated heterocycles. The summed E-state index contributed by atoms with van der Waals surface area (Å²) < 4.78 is 10.6. The van der Waals surface area contributed by atoms with Crippen molar-refractivity contribution < 1.29 is 13.9 Å². The summed E-state index contributed by atoms with van der Waals surface area (Å²) in [6, 6.07) is 3.46. The second-order valence-corrected chi connectivity index (χ2v) is 3.76. The second kappa shape index (κ2) is 4.49. The molecule has 2 heterocycles. The van der Waals surface area contributed by atoms with E-state index in [1.807, 2.05) is 6.92 Å². The van der Waals surface area contributed by atoms with E-state index in [2.05, 4.69) is 5.32 Å². The van der Waals surface area contributed by atoms with Crippen LogP contribution in [-0.4, -0.2) is 25.2 Å². The molecule has 1 aromatic rings. The number of hydrogen-bond donors (Lipinski definition) is 1. The normalized spacial score (nSPS) is 20.5. The zero-order chi connectivity index (χ0) is 10.7. The summed E-state index contributed by atoms with van der Waals surface area (Å²) >= 11 is 0. The highest BCUT2D eigenvalue weighted by Crippen LogP contribution is 2.11. The smallest absolute Gasteiger partial charge is 0.287 e. The van der Waals surface area contributed by atoms with Crippen molar-refractivity contribution in [1.82, 2.24) is 5.32 Å². The highest BCUT2D eigenvalue weighted by molar-refractivity contribution is 5.91. The van der Waals surface area contributed by atoms with Gasteiger partial charge in [0, 0.05) is 13.2 Å². The largest absolute Gasteiger partial charge is 0.456 e. The minimum atomic E-state index is -0.168. The highest BCUT2D eigenvalue weighted by Gasteiger charge is 2.17. The number of carbonyl (C=O) groups excluding carboxylic acids is 1. The number of hydrogen-bond acceptors (Lipinski definition) is 3. The first-order valence-electron chi connectivity index (χ1n) is 5.22. The molecule has 0 unspecified atom stereocenters. The van der Waals surface area contributed by atoms with Gasteiger partial charge in [-0.3, -0.25) is 4.79 Å². The number of amides is 1. The van der Waals surface area contributed by atoms with E-state index in [9.17, 15) is 4.79 Å². The van der Waals surface area contributed by atoms with Crippen LogP contribution in [0.1, 0.15) is 29.2 Å². The Morgan fingerprint density at radius 2 is 2.47 bits per heavy atom. The third-order valence-corrected chi connectivity index (χ3v) is 2.48. The molecule has 0 saturated carbocycles. The van der Waals surface area contributed by atoms with Gasteiger partial charge in [0.05, 0.1) is 6.10 Å². The summed E-state index contributed by atoms with van der Waals surface area (Å²) in [7, 11) is 0. The van der Waals surface area contributed by atoms with E-state index in [-0.39, 0.29) is 12.0 Å². The van der Waals surface area contributed by atoms with Crippen molar-refractivity contribution in [1.29, 1.82) is 0 Å². The molecule has 0 aromatic carbocycles. The Hall–Kier alpha value is -1.29. The van der Waals surface area contributed by atoms with Crippen LogP contribution < -0.4 is 5.32 Å². The van der Waals surface area contributed by atoms with Gasteiger partial charge in [-0.15, -0.1) is 0 Å². The van der Waals surface area contributed by atoms with Crippen molar-refractivity contribution in [2.24, 2.45) is 0 Å². The zero-order valence-corrected chi connectivity index (χ0v) is 8.79. The second-order valence-electron chi connectivity index (χ2n) is 3.76. The van der Waals surface area contributed by atoms with Crippen LogP contribution in [0.4, 0.5) is 0 Å². The first-order chi connectivity index (χ1) is 7.25. The van der Waals surface area contributed by atoms with Gasteiger partial charge in [0.25, 0.3) is 5.91 Å². The SMILES string of the molecule is Cc1ccc(C(=O)NC[C@H]2CCCO2)o1. The molecule has 1 aliphatic rings. The fourth-order valence-corrected chi connectivity index (χ4v) is 1.66. The van der Waals surface area contributed by atoms with Crippen LogP contribution in [0.15, 0.2) is 16.5 Å². The van der Waals surface area contributed by atoms with E-state index in [1.165, 1.54) is 0 Å². The zero-order valence-electron chi connectivity index (χ0n) is 8.79. The van der Waals surface area contributed by atoms with Crippen LogP contribution in [0.25, 0.3) is 0 Å². The first kappa shape index (κ1) is 10.2. The molecular weight excluding hydrogens is 194 g/mol. The number of ether oxygens (including phenoxy) is 1. The van der Waals surface area contributed by atoms with E-state index in [4.69, 9.17) is 9.15 Å². The predicted molar refractivity (Wildman–Crippen MR) is 54.8 cm³/mol. The molecule has 15 heavy (non-hydrogen) atoms. The fraction of sp³-hybridized carbons (Fsp3) is 0.545. The average Bonchev–Trinajstić information content (AvgIpc) is 2.84. The molecule has 2 rings (SSSR count). The molecule has 1 aromatic heterocycles. The first-order valence-corrected chi connectivity index (χ1v) is 5.22. The summed E-state index contributed by atoms with van der Waals surface area (Å²) in [6.07, 6.45) is 2.28. The van der Waals surface area contributed by atoms with Crippen LogP contribution in [0.3, 0.4) is 0 Å². The lowest BCUT2D eigenvalue weighted by molar-refractivity contribution is 0.0834. The maximum Gasteiger partial charge on any atom is 0.287 e. The molecule has 1 N–H and O–H groups in total. The Labute approximate surface area is 88.6 Å². The maximum absolute atomic E-state index is 11.6. The van der Waals surface area contributed by atoms with Gasteiger partial charge in [0.15, 0.2) is 5.76 Å². The lowest BCUT2D eigenvalue weighted by Crippen LogP contribution is -2.31. The van der Waals surface area contributed by atoms with Gasteiger partial charge >= 0.3 is 0 Å². The number of nitrogens with one attached hydrogen (secondary N) is 1. The standard InChI is InChI=1S/C11H15NO3/c1-8-4-5-10(15-8)11(13)12-7-9-3-2-6-14-9/h4-5,9H,2-3,6-7H2,1H3,(H,12,13)/t9-/m1/s1. The Kier molecular flexibility index (Phi) is 3.06. The maximum atomic E-state index is 11.6. The number of rotatable bonds is 3. The van der Waals surface area contributed by atoms with Crippen LogP contribution in [0.2, 0.25) is 0 Å². The molecule has 0 radical (unpaired) electrons. The Bertz CT molecular complexity index is 339. The molecule has 4 nitrogen and oxygen atoms in total. The highest BCUT2D eigenvalue weighted by atomic mass is 16.5. The Morgan fingerprint density at radius 3 is 3.07 bits per heavy atom. The van der Waals surface area contributed by atoms with E-state index >= 15 is 0 Å². The molecule has 0 bridgehead atoms. The molecule has 82 valence electrons. The van der Waals surface area contributed by atoms with Crippen molar-refractivity contribution in [2.45, 2.75) is 25.9 Å². The molecule has 0 aliphatic carbocycles. The summed E-state index contributed by atoms with van der Waals surface area (Å²) in [6.45, 7) is 3.19. The van der Waals surface area contributed by atoms with E-state index < -0.39 is 0 Å². The summed E-state index contributed by atoms with van der Waals surface area (Å²) in [5.41, 5.74) is 0. The van der Waals surface area contributed by atoms with E-state index in [0.29, 0.717) is 12.3 Å². The van der Waals surface area contributed by atoms with Crippen molar-refractivity contribution in [3.05, 3.63) is 23.7 Å². The number of carbonyl (C=O) groups is 1. The lowest BCUT2D eigenvalue weighted by Gasteiger charge is -2.09. The van der Waals surface area contributed by atoms with Gasteiger partial charge in [0.2, 0.25) is 0 Å². The van der Waals surface area contributed by atoms with Gasteiger partial charge in [-0.25, -0.2) is 0 Å². The van der Waals surface area contributed by atoms with Crippen molar-refractivity contribution >= 4 is 5.91 Å². The van der Waals surface area contributed by atoms with E-state index in [1.54, 1.807) is 12.1 Å². The lowest BCUT2D eigenvalue weighted by atomic mass is 10.2. The molecule has 1 aliphatic heterocycles. The molecular formula is C11H15NO3. The van der Waals surface area contributed by atoms with Gasteiger partial charge in [0.1, 0.15) is 5.76 Å². The molecule has 1 atom stereocenters. The summed E-state index contributed by atoms with van der Waals surface area (Å²) in [5, 5.41) is 2.80. The fourth-order valence-electron chi connectivity index (χ4n) is 1.66. The van der Waals surface area contributed by atoms with Gasteiger partial charge in [-0.05, 0) is 31.9 Å². The Balaban J connectivity index is 1.81. The van der Waals surface area contributed by atoms with Crippen molar-refractivity contribution in [3.63, 3.8) is 0 Å². The van der Waals surface area contributed by atoms with Gasteiger partial charge in [-0.1, -0.05) is 0 Å². The quantitative estimate of drug-likeness (QED) is 0.820. The van der Waals surface area contributed by atoms with Crippen molar-refractivity contribution in [2.75, 3.05) is 13.2 Å². The average molecular weight is 209 g/mol. The predicted octanol–water partition coefficient (Wildman–Crippen LogP) is 1.50.